The Balaban J connectivity index is 1.69. The lowest BCUT2D eigenvalue weighted by Crippen LogP contribution is -2.24. The maximum absolute atomic E-state index is 12.1. The number of nitrogens with one attached hydrogen (secondary N) is 1. The summed E-state index contributed by atoms with van der Waals surface area (Å²) >= 11 is 0. The SMILES string of the molecule is CC(C)c1nc2cc(CC(=O)NCc3cccnc3)ccc2n1C. The summed E-state index contributed by atoms with van der Waals surface area (Å²) < 4.78 is 2.12. The number of rotatable bonds is 5. The van der Waals surface area contributed by atoms with Gasteiger partial charge in [0.25, 0.3) is 0 Å². The van der Waals surface area contributed by atoms with Crippen molar-refractivity contribution in [3.63, 3.8) is 0 Å². The Morgan fingerprint density at radius 2 is 2.08 bits per heavy atom. The lowest BCUT2D eigenvalue weighted by molar-refractivity contribution is -0.120. The Bertz CT molecular complexity index is 852. The maximum Gasteiger partial charge on any atom is 0.224 e. The maximum atomic E-state index is 12.1. The number of aryl methyl sites for hydroxylation is 1. The molecule has 2 heterocycles. The lowest BCUT2D eigenvalue weighted by Gasteiger charge is -2.06. The number of pyridine rings is 1. The molecule has 0 radical (unpaired) electrons. The average Bonchev–Trinajstić information content (AvgIpc) is 2.90. The second-order valence-electron chi connectivity index (χ2n) is 6.32. The first-order valence-electron chi connectivity index (χ1n) is 8.15. The predicted octanol–water partition coefficient (Wildman–Crippen LogP) is 2.95. The van der Waals surface area contributed by atoms with Crippen LogP contribution in [-0.2, 0) is 24.8 Å². The van der Waals surface area contributed by atoms with E-state index in [4.69, 9.17) is 4.98 Å². The van der Waals surface area contributed by atoms with E-state index >= 15 is 0 Å². The van der Waals surface area contributed by atoms with Crippen LogP contribution in [0.15, 0.2) is 42.7 Å². The minimum absolute atomic E-state index is 0.00165. The van der Waals surface area contributed by atoms with Crippen molar-refractivity contribution in [2.24, 2.45) is 7.05 Å². The van der Waals surface area contributed by atoms with Gasteiger partial charge in [0, 0.05) is 31.9 Å². The molecule has 1 amide bonds. The van der Waals surface area contributed by atoms with Crippen molar-refractivity contribution >= 4 is 16.9 Å². The topological polar surface area (TPSA) is 59.8 Å². The number of imidazole rings is 1. The van der Waals surface area contributed by atoms with Crippen molar-refractivity contribution in [3.05, 3.63) is 59.7 Å². The number of nitrogens with zero attached hydrogens (tertiary/aromatic N) is 3. The highest BCUT2D eigenvalue weighted by Gasteiger charge is 2.12. The number of hydrogen-bond acceptors (Lipinski definition) is 3. The fourth-order valence-corrected chi connectivity index (χ4v) is 2.84. The van der Waals surface area contributed by atoms with Crippen LogP contribution in [0.4, 0.5) is 0 Å². The van der Waals surface area contributed by atoms with Crippen molar-refractivity contribution in [1.29, 1.82) is 0 Å². The summed E-state index contributed by atoms with van der Waals surface area (Å²) in [5.74, 6) is 1.43. The molecule has 5 nitrogen and oxygen atoms in total. The van der Waals surface area contributed by atoms with Gasteiger partial charge in [-0.25, -0.2) is 4.98 Å². The quantitative estimate of drug-likeness (QED) is 0.785. The van der Waals surface area contributed by atoms with Crippen molar-refractivity contribution < 1.29 is 4.79 Å². The van der Waals surface area contributed by atoms with E-state index in [-0.39, 0.29) is 5.91 Å². The summed E-state index contributed by atoms with van der Waals surface area (Å²) in [6.45, 7) is 4.76. The Morgan fingerprint density at radius 1 is 1.25 bits per heavy atom. The molecule has 0 fully saturated rings. The van der Waals surface area contributed by atoms with Gasteiger partial charge in [-0.2, -0.15) is 0 Å². The van der Waals surface area contributed by atoms with Gasteiger partial charge in [-0.15, -0.1) is 0 Å². The Morgan fingerprint density at radius 3 is 2.79 bits per heavy atom. The second kappa shape index (κ2) is 6.83. The van der Waals surface area contributed by atoms with E-state index in [2.05, 4.69) is 28.7 Å². The summed E-state index contributed by atoms with van der Waals surface area (Å²) in [7, 11) is 2.03. The van der Waals surface area contributed by atoms with Gasteiger partial charge in [0.05, 0.1) is 17.5 Å². The lowest BCUT2D eigenvalue weighted by atomic mass is 10.1. The third-order valence-electron chi connectivity index (χ3n) is 4.07. The number of benzene rings is 1. The van der Waals surface area contributed by atoms with E-state index in [0.29, 0.717) is 18.9 Å². The number of carbonyl (C=O) groups is 1. The third kappa shape index (κ3) is 3.45. The third-order valence-corrected chi connectivity index (χ3v) is 4.07. The van der Waals surface area contributed by atoms with E-state index in [1.54, 1.807) is 12.4 Å². The Kier molecular flexibility index (Phi) is 4.60. The first-order valence-corrected chi connectivity index (χ1v) is 8.15. The highest BCUT2D eigenvalue weighted by molar-refractivity contribution is 5.82. The van der Waals surface area contributed by atoms with E-state index in [1.165, 1.54) is 0 Å². The van der Waals surface area contributed by atoms with Gasteiger partial charge in [0.2, 0.25) is 5.91 Å². The van der Waals surface area contributed by atoms with Crippen molar-refractivity contribution in [2.75, 3.05) is 0 Å². The average molecular weight is 322 g/mol. The monoisotopic (exact) mass is 322 g/mol. The molecule has 0 atom stereocenters. The van der Waals surface area contributed by atoms with Gasteiger partial charge in [-0.05, 0) is 29.3 Å². The largest absolute Gasteiger partial charge is 0.352 e. The molecule has 0 bridgehead atoms. The van der Waals surface area contributed by atoms with Crippen molar-refractivity contribution in [3.8, 4) is 0 Å². The van der Waals surface area contributed by atoms with Gasteiger partial charge in [0.1, 0.15) is 5.82 Å². The number of hydrogen-bond donors (Lipinski definition) is 1. The fraction of sp³-hybridized carbons (Fsp3) is 0.316. The summed E-state index contributed by atoms with van der Waals surface area (Å²) in [6, 6.07) is 9.85. The zero-order valence-electron chi connectivity index (χ0n) is 14.3. The Labute approximate surface area is 141 Å². The molecule has 3 aromatic rings. The highest BCUT2D eigenvalue weighted by atomic mass is 16.1. The fourth-order valence-electron chi connectivity index (χ4n) is 2.84. The molecule has 5 heteroatoms. The van der Waals surface area contributed by atoms with Gasteiger partial charge in [0.15, 0.2) is 0 Å². The van der Waals surface area contributed by atoms with Crippen LogP contribution >= 0.6 is 0 Å². The summed E-state index contributed by atoms with van der Waals surface area (Å²) in [6.07, 6.45) is 3.83. The van der Waals surface area contributed by atoms with Crippen LogP contribution in [0, 0.1) is 0 Å². The molecule has 2 aromatic heterocycles. The molecule has 24 heavy (non-hydrogen) atoms. The first kappa shape index (κ1) is 16.2. The molecule has 3 rings (SSSR count). The molecule has 1 aromatic carbocycles. The first-order chi connectivity index (χ1) is 11.5. The normalized spacial score (nSPS) is 11.2. The summed E-state index contributed by atoms with van der Waals surface area (Å²) in [4.78, 5) is 20.9. The molecular formula is C19H22N4O. The number of carbonyl (C=O) groups excluding carboxylic acids is 1. The van der Waals surface area contributed by atoms with Crippen LogP contribution in [-0.4, -0.2) is 20.4 Å². The molecular weight excluding hydrogens is 300 g/mol. The molecule has 0 saturated heterocycles. The highest BCUT2D eigenvalue weighted by Crippen LogP contribution is 2.21. The van der Waals surface area contributed by atoms with Crippen LogP contribution in [0.5, 0.6) is 0 Å². The smallest absolute Gasteiger partial charge is 0.224 e. The Hall–Kier alpha value is -2.69. The van der Waals surface area contributed by atoms with Crippen LogP contribution in [0.3, 0.4) is 0 Å². The number of fused-ring (bicyclic) bond motifs is 1. The van der Waals surface area contributed by atoms with E-state index in [9.17, 15) is 4.79 Å². The van der Waals surface area contributed by atoms with Crippen molar-refractivity contribution in [1.82, 2.24) is 19.9 Å². The molecule has 0 spiro atoms. The van der Waals surface area contributed by atoms with Crippen molar-refractivity contribution in [2.45, 2.75) is 32.7 Å². The van der Waals surface area contributed by atoms with E-state index in [1.807, 2.05) is 37.4 Å². The van der Waals surface area contributed by atoms with Gasteiger partial charge in [-0.3, -0.25) is 9.78 Å². The molecule has 0 aliphatic carbocycles. The van der Waals surface area contributed by atoms with Crippen LogP contribution in [0.25, 0.3) is 11.0 Å². The van der Waals surface area contributed by atoms with Crippen LogP contribution < -0.4 is 5.32 Å². The molecule has 0 saturated carbocycles. The van der Waals surface area contributed by atoms with Crippen LogP contribution in [0.2, 0.25) is 0 Å². The summed E-state index contributed by atoms with van der Waals surface area (Å²) in [5, 5.41) is 2.93. The van der Waals surface area contributed by atoms with Gasteiger partial charge >= 0.3 is 0 Å². The van der Waals surface area contributed by atoms with Gasteiger partial charge < -0.3 is 9.88 Å². The predicted molar refractivity (Wildman–Crippen MR) is 94.6 cm³/mol. The minimum atomic E-state index is -0.00165. The molecule has 124 valence electrons. The van der Waals surface area contributed by atoms with E-state index < -0.39 is 0 Å². The van der Waals surface area contributed by atoms with E-state index in [0.717, 1.165) is 28.0 Å². The standard InChI is InChI=1S/C19H22N4O/c1-13(2)19-22-16-9-14(6-7-17(16)23(19)3)10-18(24)21-12-15-5-4-8-20-11-15/h4-9,11,13H,10,12H2,1-3H3,(H,21,24). The summed E-state index contributed by atoms with van der Waals surface area (Å²) in [5.41, 5.74) is 4.00. The molecule has 0 unspecified atom stereocenters. The zero-order valence-corrected chi connectivity index (χ0v) is 14.3. The van der Waals surface area contributed by atoms with Gasteiger partial charge in [-0.1, -0.05) is 26.0 Å². The number of aromatic nitrogens is 3. The minimum Gasteiger partial charge on any atom is -0.352 e. The molecule has 0 aliphatic heterocycles. The number of amides is 1. The zero-order chi connectivity index (χ0) is 17.1. The molecule has 0 aliphatic rings. The molecule has 1 N–H and O–H groups in total. The van der Waals surface area contributed by atoms with Crippen LogP contribution in [0.1, 0.15) is 36.7 Å². The second-order valence-corrected chi connectivity index (χ2v) is 6.32.